The lowest BCUT2D eigenvalue weighted by Gasteiger charge is -2.23. The van der Waals surface area contributed by atoms with Crippen molar-refractivity contribution in [1.29, 1.82) is 0 Å². The van der Waals surface area contributed by atoms with Crippen molar-refractivity contribution >= 4 is 17.3 Å². The third-order valence-corrected chi connectivity index (χ3v) is 2.86. The van der Waals surface area contributed by atoms with Gasteiger partial charge in [0.25, 0.3) is 0 Å². The van der Waals surface area contributed by atoms with Crippen LogP contribution in [-0.2, 0) is 0 Å². The molecule has 1 aliphatic rings. The van der Waals surface area contributed by atoms with E-state index in [9.17, 15) is 0 Å². The third kappa shape index (κ3) is 2.57. The van der Waals surface area contributed by atoms with Gasteiger partial charge in [-0.05, 0) is 25.0 Å². The zero-order valence-electron chi connectivity index (χ0n) is 8.79. The van der Waals surface area contributed by atoms with Gasteiger partial charge >= 0.3 is 0 Å². The molecule has 0 amide bonds. The van der Waals surface area contributed by atoms with Gasteiger partial charge in [-0.25, -0.2) is 0 Å². The number of halogens is 1. The van der Waals surface area contributed by atoms with E-state index < -0.39 is 0 Å². The van der Waals surface area contributed by atoms with E-state index in [1.807, 2.05) is 12.1 Å². The normalized spacial score (nSPS) is 15.4. The maximum Gasteiger partial charge on any atom is 0.142 e. The van der Waals surface area contributed by atoms with Gasteiger partial charge in [-0.2, -0.15) is 0 Å². The largest absolute Gasteiger partial charge is 0.491 e. The monoisotopic (exact) mass is 225 g/mol. The molecule has 3 heteroatoms. The molecule has 1 aromatic carbocycles. The number of ether oxygens (including phenoxy) is 1. The first kappa shape index (κ1) is 10.6. The van der Waals surface area contributed by atoms with Crippen molar-refractivity contribution in [3.63, 3.8) is 0 Å². The molecule has 0 aromatic heterocycles. The summed E-state index contributed by atoms with van der Waals surface area (Å²) in [7, 11) is 0. The van der Waals surface area contributed by atoms with Crippen molar-refractivity contribution < 1.29 is 4.74 Å². The summed E-state index contributed by atoms with van der Waals surface area (Å²) in [6, 6.07) is 8.23. The van der Waals surface area contributed by atoms with Gasteiger partial charge in [0.1, 0.15) is 5.75 Å². The standard InChI is InChI=1S/C12H16ClNO/c13-7-3-8-14-9-4-10-15-12-6-2-1-5-11(12)14/h1-2,5-6H,3-4,7-10H2. The number of anilines is 1. The molecule has 0 saturated carbocycles. The van der Waals surface area contributed by atoms with E-state index in [0.717, 1.165) is 44.2 Å². The van der Waals surface area contributed by atoms with Crippen molar-refractivity contribution in [2.45, 2.75) is 12.8 Å². The molecule has 0 fully saturated rings. The van der Waals surface area contributed by atoms with E-state index in [2.05, 4.69) is 17.0 Å². The number of benzene rings is 1. The Bertz CT molecular complexity index is 316. The first-order valence-electron chi connectivity index (χ1n) is 5.44. The summed E-state index contributed by atoms with van der Waals surface area (Å²) in [5.41, 5.74) is 1.21. The van der Waals surface area contributed by atoms with E-state index >= 15 is 0 Å². The predicted octanol–water partition coefficient (Wildman–Crippen LogP) is 2.90. The van der Waals surface area contributed by atoms with E-state index in [0.29, 0.717) is 0 Å². The molecule has 2 rings (SSSR count). The molecule has 0 radical (unpaired) electrons. The lowest BCUT2D eigenvalue weighted by atomic mass is 10.2. The summed E-state index contributed by atoms with van der Waals surface area (Å²) < 4.78 is 5.68. The summed E-state index contributed by atoms with van der Waals surface area (Å²) in [5, 5.41) is 0. The quantitative estimate of drug-likeness (QED) is 0.734. The van der Waals surface area contributed by atoms with Crippen LogP contribution in [0.1, 0.15) is 12.8 Å². The van der Waals surface area contributed by atoms with Crippen molar-refractivity contribution in [1.82, 2.24) is 0 Å². The molecule has 82 valence electrons. The predicted molar refractivity (Wildman–Crippen MR) is 64.1 cm³/mol. The van der Waals surface area contributed by atoms with Gasteiger partial charge in [0.15, 0.2) is 0 Å². The smallest absolute Gasteiger partial charge is 0.142 e. The van der Waals surface area contributed by atoms with Crippen LogP contribution in [0.5, 0.6) is 5.75 Å². The minimum absolute atomic E-state index is 0.722. The highest BCUT2D eigenvalue weighted by Gasteiger charge is 2.14. The number of nitrogens with zero attached hydrogens (tertiary/aromatic N) is 1. The molecule has 0 N–H and O–H groups in total. The summed E-state index contributed by atoms with van der Waals surface area (Å²) in [6.45, 7) is 2.90. The maximum absolute atomic E-state index is 5.73. The van der Waals surface area contributed by atoms with E-state index in [4.69, 9.17) is 16.3 Å². The number of alkyl halides is 1. The Labute approximate surface area is 95.8 Å². The number of rotatable bonds is 3. The summed E-state index contributed by atoms with van der Waals surface area (Å²) in [5.74, 6) is 1.73. The highest BCUT2D eigenvalue weighted by molar-refractivity contribution is 6.17. The second kappa shape index (κ2) is 5.26. The second-order valence-corrected chi connectivity index (χ2v) is 4.08. The molecule has 15 heavy (non-hydrogen) atoms. The minimum atomic E-state index is 0.722. The van der Waals surface area contributed by atoms with Crippen LogP contribution in [0.4, 0.5) is 5.69 Å². The van der Waals surface area contributed by atoms with Crippen LogP contribution in [0.15, 0.2) is 24.3 Å². The van der Waals surface area contributed by atoms with Gasteiger partial charge in [-0.1, -0.05) is 12.1 Å². The Kier molecular flexibility index (Phi) is 3.73. The molecule has 0 spiro atoms. The van der Waals surface area contributed by atoms with Crippen molar-refractivity contribution in [3.8, 4) is 5.75 Å². The number of hydrogen-bond acceptors (Lipinski definition) is 2. The van der Waals surface area contributed by atoms with E-state index in [1.54, 1.807) is 0 Å². The lowest BCUT2D eigenvalue weighted by molar-refractivity contribution is 0.322. The van der Waals surface area contributed by atoms with Crippen LogP contribution in [0, 0.1) is 0 Å². The maximum atomic E-state index is 5.73. The zero-order valence-corrected chi connectivity index (χ0v) is 9.54. The molecule has 0 aliphatic carbocycles. The first-order valence-corrected chi connectivity index (χ1v) is 5.98. The van der Waals surface area contributed by atoms with Gasteiger partial charge in [-0.15, -0.1) is 11.6 Å². The molecule has 1 aromatic rings. The van der Waals surface area contributed by atoms with Crippen LogP contribution in [-0.4, -0.2) is 25.6 Å². The second-order valence-electron chi connectivity index (χ2n) is 3.70. The van der Waals surface area contributed by atoms with Gasteiger partial charge in [-0.3, -0.25) is 0 Å². The molecular formula is C12H16ClNO. The zero-order chi connectivity index (χ0) is 10.5. The fourth-order valence-corrected chi connectivity index (χ4v) is 2.00. The number of hydrogen-bond donors (Lipinski definition) is 0. The highest BCUT2D eigenvalue weighted by atomic mass is 35.5. The molecule has 2 nitrogen and oxygen atoms in total. The van der Waals surface area contributed by atoms with Crippen molar-refractivity contribution in [2.75, 3.05) is 30.5 Å². The van der Waals surface area contributed by atoms with Crippen LogP contribution in [0.3, 0.4) is 0 Å². The van der Waals surface area contributed by atoms with Gasteiger partial charge in [0.05, 0.1) is 12.3 Å². The Balaban J connectivity index is 2.17. The summed E-state index contributed by atoms with van der Waals surface area (Å²) in [6.07, 6.45) is 2.10. The van der Waals surface area contributed by atoms with Gasteiger partial charge in [0.2, 0.25) is 0 Å². The van der Waals surface area contributed by atoms with Crippen molar-refractivity contribution in [3.05, 3.63) is 24.3 Å². The van der Waals surface area contributed by atoms with E-state index in [-0.39, 0.29) is 0 Å². The SMILES string of the molecule is ClCCCN1CCCOc2ccccc21. The summed E-state index contributed by atoms with van der Waals surface area (Å²) in [4.78, 5) is 2.37. The number of para-hydroxylation sites is 2. The summed E-state index contributed by atoms with van der Waals surface area (Å²) >= 11 is 5.73. The van der Waals surface area contributed by atoms with Crippen LogP contribution >= 0.6 is 11.6 Å². The minimum Gasteiger partial charge on any atom is -0.491 e. The lowest BCUT2D eigenvalue weighted by Crippen LogP contribution is -2.25. The molecule has 0 unspecified atom stereocenters. The molecule has 0 saturated heterocycles. The van der Waals surface area contributed by atoms with Gasteiger partial charge in [0, 0.05) is 19.0 Å². The first-order chi connectivity index (χ1) is 7.42. The van der Waals surface area contributed by atoms with Crippen LogP contribution < -0.4 is 9.64 Å². The molecular weight excluding hydrogens is 210 g/mol. The van der Waals surface area contributed by atoms with E-state index in [1.165, 1.54) is 5.69 Å². The van der Waals surface area contributed by atoms with Gasteiger partial charge < -0.3 is 9.64 Å². The van der Waals surface area contributed by atoms with Crippen LogP contribution in [0.25, 0.3) is 0 Å². The average Bonchev–Trinajstić information content (AvgIpc) is 2.49. The highest BCUT2D eigenvalue weighted by Crippen LogP contribution is 2.30. The number of fused-ring (bicyclic) bond motifs is 1. The third-order valence-electron chi connectivity index (χ3n) is 2.60. The molecule has 0 bridgehead atoms. The Morgan fingerprint density at radius 1 is 1.33 bits per heavy atom. The topological polar surface area (TPSA) is 12.5 Å². The molecule has 0 atom stereocenters. The van der Waals surface area contributed by atoms with Crippen LogP contribution in [0.2, 0.25) is 0 Å². The fraction of sp³-hybridized carbons (Fsp3) is 0.500. The Morgan fingerprint density at radius 3 is 3.07 bits per heavy atom. The molecule has 1 aliphatic heterocycles. The molecule has 1 heterocycles. The average molecular weight is 226 g/mol. The Morgan fingerprint density at radius 2 is 2.20 bits per heavy atom. The Hall–Kier alpha value is -0.890. The van der Waals surface area contributed by atoms with Crippen molar-refractivity contribution in [2.24, 2.45) is 0 Å². The fourth-order valence-electron chi connectivity index (χ4n) is 1.88.